The minimum absolute atomic E-state index is 0.228. The monoisotopic (exact) mass is 507 g/mol. The zero-order valence-electron chi connectivity index (χ0n) is 20.3. The lowest BCUT2D eigenvalue weighted by Gasteiger charge is -2.40. The highest BCUT2D eigenvalue weighted by molar-refractivity contribution is 5.58. The molecule has 11 heteroatoms. The van der Waals surface area contributed by atoms with Gasteiger partial charge in [0.05, 0.1) is 28.4 Å². The molecule has 6 rings (SSSR count). The van der Waals surface area contributed by atoms with Gasteiger partial charge in [0, 0.05) is 45.0 Å². The standard InChI is InChI=1S/C26H24F3N7O/c1-16(23-32-31-15-33(23)2)19-5-17(9-30)6-20(8-19)35-12-22-21(26(27,28)29)7-18(11-36(22)24(35)37)10-34-13-25(14-34)3-4-25/h5-8,11-12,15-16H,3-4,10,13-14H2,1-2H3/t16-/m0/s1. The van der Waals surface area contributed by atoms with E-state index in [0.29, 0.717) is 34.6 Å². The minimum atomic E-state index is -4.63. The molecule has 190 valence electrons. The van der Waals surface area contributed by atoms with Gasteiger partial charge in [0.2, 0.25) is 0 Å². The first kappa shape index (κ1) is 23.5. The van der Waals surface area contributed by atoms with Crippen LogP contribution in [0.2, 0.25) is 0 Å². The lowest BCUT2D eigenvalue weighted by molar-refractivity contribution is -0.136. The van der Waals surface area contributed by atoms with Crippen LogP contribution in [0.25, 0.3) is 11.2 Å². The lowest BCUT2D eigenvalue weighted by atomic mass is 9.96. The maximum Gasteiger partial charge on any atom is 0.418 e. The number of alkyl halides is 3. The van der Waals surface area contributed by atoms with Gasteiger partial charge in [-0.1, -0.05) is 6.92 Å². The molecule has 1 saturated heterocycles. The van der Waals surface area contributed by atoms with Gasteiger partial charge in [-0.15, -0.1) is 10.2 Å². The van der Waals surface area contributed by atoms with E-state index in [9.17, 15) is 23.2 Å². The summed E-state index contributed by atoms with van der Waals surface area (Å²) in [6.07, 6.45) is 1.98. The number of halogens is 3. The van der Waals surface area contributed by atoms with E-state index in [2.05, 4.69) is 21.2 Å². The van der Waals surface area contributed by atoms with Crippen LogP contribution >= 0.6 is 0 Å². The van der Waals surface area contributed by atoms with Crippen LogP contribution in [-0.2, 0) is 19.8 Å². The number of pyridine rings is 1. The van der Waals surface area contributed by atoms with Gasteiger partial charge in [0.25, 0.3) is 0 Å². The van der Waals surface area contributed by atoms with Crippen molar-refractivity contribution in [3.05, 3.63) is 81.5 Å². The molecule has 8 nitrogen and oxygen atoms in total. The lowest BCUT2D eigenvalue weighted by Crippen LogP contribution is -2.47. The minimum Gasteiger partial charge on any atom is -0.320 e. The van der Waals surface area contributed by atoms with E-state index in [-0.39, 0.29) is 17.0 Å². The Bertz CT molecular complexity index is 1630. The number of nitriles is 1. The second kappa shape index (κ2) is 8.05. The van der Waals surface area contributed by atoms with E-state index < -0.39 is 17.4 Å². The molecule has 4 heterocycles. The molecule has 1 aliphatic heterocycles. The Morgan fingerprint density at radius 2 is 1.92 bits per heavy atom. The fraction of sp³-hybridized carbons (Fsp3) is 0.385. The summed E-state index contributed by atoms with van der Waals surface area (Å²) in [4.78, 5) is 15.6. The Morgan fingerprint density at radius 3 is 2.54 bits per heavy atom. The second-order valence-electron chi connectivity index (χ2n) is 10.4. The van der Waals surface area contributed by atoms with Crippen LogP contribution in [0.1, 0.15) is 53.8 Å². The topological polar surface area (TPSA) is 84.2 Å². The van der Waals surface area contributed by atoms with Crippen LogP contribution in [0.15, 0.2) is 47.8 Å². The molecular formula is C26H24F3N7O. The number of hydrogen-bond donors (Lipinski definition) is 0. The molecule has 0 amide bonds. The quantitative estimate of drug-likeness (QED) is 0.410. The summed E-state index contributed by atoms with van der Waals surface area (Å²) in [7, 11) is 1.80. The highest BCUT2D eigenvalue weighted by Gasteiger charge is 2.51. The maximum absolute atomic E-state index is 14.1. The summed E-state index contributed by atoms with van der Waals surface area (Å²) in [5, 5.41) is 17.6. The first-order valence-corrected chi connectivity index (χ1v) is 12.0. The second-order valence-corrected chi connectivity index (χ2v) is 10.4. The molecule has 1 aliphatic carbocycles. The Labute approximate surface area is 210 Å². The number of likely N-dealkylation sites (tertiary alicyclic amines) is 1. The summed E-state index contributed by atoms with van der Waals surface area (Å²) in [6.45, 7) is 4.02. The number of nitrogens with zero attached hydrogens (tertiary/aromatic N) is 7. The summed E-state index contributed by atoms with van der Waals surface area (Å²) in [5.74, 6) is 0.384. The van der Waals surface area contributed by atoms with Crippen molar-refractivity contribution in [3.8, 4) is 11.8 Å². The molecule has 1 saturated carbocycles. The molecule has 0 bridgehead atoms. The Balaban J connectivity index is 1.45. The number of aryl methyl sites for hydroxylation is 1. The van der Waals surface area contributed by atoms with E-state index >= 15 is 0 Å². The molecular weight excluding hydrogens is 483 g/mol. The first-order valence-electron chi connectivity index (χ1n) is 12.0. The SMILES string of the molecule is C[C@@H](c1cc(C#N)cc(-n2cc3c(C(F)(F)F)cc(CN4CC5(CC5)C4)cn3c2=O)c1)c1nncn1C. The van der Waals surface area contributed by atoms with Crippen LogP contribution in [0.3, 0.4) is 0 Å². The van der Waals surface area contributed by atoms with E-state index in [1.807, 2.05) is 6.92 Å². The molecule has 2 fully saturated rings. The van der Waals surface area contributed by atoms with Crippen molar-refractivity contribution in [1.29, 1.82) is 5.26 Å². The van der Waals surface area contributed by atoms with Crippen molar-refractivity contribution >= 4 is 5.52 Å². The predicted octanol–water partition coefficient (Wildman–Crippen LogP) is 3.86. The Hall–Kier alpha value is -3.91. The third-order valence-corrected chi connectivity index (χ3v) is 7.59. The molecule has 4 aromatic rings. The molecule has 37 heavy (non-hydrogen) atoms. The maximum atomic E-state index is 14.1. The van der Waals surface area contributed by atoms with Crippen molar-refractivity contribution < 1.29 is 13.2 Å². The Kier molecular flexibility index (Phi) is 5.11. The summed E-state index contributed by atoms with van der Waals surface area (Å²) in [5.41, 5.74) is 0.394. The van der Waals surface area contributed by atoms with Gasteiger partial charge in [-0.2, -0.15) is 18.4 Å². The Morgan fingerprint density at radius 1 is 1.16 bits per heavy atom. The fourth-order valence-corrected chi connectivity index (χ4v) is 5.43. The normalized spacial score (nSPS) is 17.6. The van der Waals surface area contributed by atoms with Gasteiger partial charge in [0.1, 0.15) is 12.2 Å². The third-order valence-electron chi connectivity index (χ3n) is 7.59. The molecule has 1 aromatic carbocycles. The smallest absolute Gasteiger partial charge is 0.320 e. The number of hydrogen-bond acceptors (Lipinski definition) is 5. The molecule has 0 unspecified atom stereocenters. The number of rotatable bonds is 5. The van der Waals surface area contributed by atoms with Crippen LogP contribution in [-0.4, -0.2) is 41.7 Å². The zero-order chi connectivity index (χ0) is 26.1. The van der Waals surface area contributed by atoms with Gasteiger partial charge >= 0.3 is 11.9 Å². The number of benzene rings is 1. The first-order chi connectivity index (χ1) is 17.6. The van der Waals surface area contributed by atoms with Crippen molar-refractivity contribution in [2.75, 3.05) is 13.1 Å². The summed E-state index contributed by atoms with van der Waals surface area (Å²) >= 11 is 0. The van der Waals surface area contributed by atoms with Crippen molar-refractivity contribution in [3.63, 3.8) is 0 Å². The largest absolute Gasteiger partial charge is 0.418 e. The highest BCUT2D eigenvalue weighted by Crippen LogP contribution is 2.53. The van der Waals surface area contributed by atoms with Gasteiger partial charge in [-0.05, 0) is 53.6 Å². The zero-order valence-corrected chi connectivity index (χ0v) is 20.3. The number of aromatic nitrogens is 5. The molecule has 3 aromatic heterocycles. The average molecular weight is 508 g/mol. The molecule has 2 aliphatic rings. The van der Waals surface area contributed by atoms with E-state index in [1.165, 1.54) is 35.9 Å². The fourth-order valence-electron chi connectivity index (χ4n) is 5.43. The van der Waals surface area contributed by atoms with E-state index in [0.717, 1.165) is 23.6 Å². The van der Waals surface area contributed by atoms with Crippen LogP contribution < -0.4 is 5.69 Å². The third kappa shape index (κ3) is 4.01. The molecule has 0 radical (unpaired) electrons. The van der Waals surface area contributed by atoms with E-state index in [4.69, 9.17) is 0 Å². The summed E-state index contributed by atoms with van der Waals surface area (Å²) in [6, 6.07) is 8.11. The van der Waals surface area contributed by atoms with Crippen molar-refractivity contribution in [2.24, 2.45) is 12.5 Å². The number of imidazole rings is 1. The predicted molar refractivity (Wildman–Crippen MR) is 128 cm³/mol. The highest BCUT2D eigenvalue weighted by atomic mass is 19.4. The van der Waals surface area contributed by atoms with Gasteiger partial charge in [-0.3, -0.25) is 13.9 Å². The molecule has 1 spiro atoms. The van der Waals surface area contributed by atoms with Gasteiger partial charge < -0.3 is 4.57 Å². The average Bonchev–Trinajstić information content (AvgIpc) is 3.41. The molecule has 0 N–H and O–H groups in total. The van der Waals surface area contributed by atoms with Crippen molar-refractivity contribution in [2.45, 2.75) is 38.4 Å². The van der Waals surface area contributed by atoms with E-state index in [1.54, 1.807) is 30.1 Å². The van der Waals surface area contributed by atoms with Crippen LogP contribution in [0, 0.1) is 16.7 Å². The van der Waals surface area contributed by atoms with Gasteiger partial charge in [-0.25, -0.2) is 4.79 Å². The van der Waals surface area contributed by atoms with Crippen molar-refractivity contribution in [1.82, 2.24) is 28.6 Å². The van der Waals surface area contributed by atoms with Crippen LogP contribution in [0.5, 0.6) is 0 Å². The number of fused-ring (bicyclic) bond motifs is 1. The van der Waals surface area contributed by atoms with Gasteiger partial charge in [0.15, 0.2) is 0 Å². The van der Waals surface area contributed by atoms with Crippen LogP contribution in [0.4, 0.5) is 13.2 Å². The molecule has 1 atom stereocenters. The summed E-state index contributed by atoms with van der Waals surface area (Å²) < 4.78 is 46.3.